The van der Waals surface area contributed by atoms with Crippen LogP contribution >= 0.6 is 15.9 Å². The van der Waals surface area contributed by atoms with Crippen LogP contribution in [-0.2, 0) is 0 Å². The van der Waals surface area contributed by atoms with Crippen LogP contribution in [0.3, 0.4) is 0 Å². The summed E-state index contributed by atoms with van der Waals surface area (Å²) in [6, 6.07) is 6.41. The average molecular weight is 269 g/mol. The van der Waals surface area contributed by atoms with E-state index < -0.39 is 0 Å². The molecule has 1 aromatic carbocycles. The van der Waals surface area contributed by atoms with Crippen LogP contribution in [0.25, 0.3) is 0 Å². The molecule has 15 heavy (non-hydrogen) atoms. The number of hydrogen-bond acceptors (Lipinski definition) is 2. The standard InChI is InChI=1S/C12H17BrN2/c1-8(2)6-12(15-14)10-5-4-9(3)11(13)7-10/h4-5,7,12,15H,1,6,14H2,2-3H3. The van der Waals surface area contributed by atoms with Gasteiger partial charge >= 0.3 is 0 Å². The van der Waals surface area contributed by atoms with Gasteiger partial charge in [0.2, 0.25) is 0 Å². The minimum atomic E-state index is 0.138. The SMILES string of the molecule is C=C(C)CC(NN)c1ccc(C)c(Br)c1. The van der Waals surface area contributed by atoms with Gasteiger partial charge in [-0.3, -0.25) is 11.3 Å². The van der Waals surface area contributed by atoms with Gasteiger partial charge in [0.25, 0.3) is 0 Å². The Labute approximate surface area is 99.7 Å². The average Bonchev–Trinajstić information content (AvgIpc) is 2.18. The molecule has 0 saturated heterocycles. The van der Waals surface area contributed by atoms with Crippen molar-refractivity contribution in [2.24, 2.45) is 5.84 Å². The first-order valence-corrected chi connectivity index (χ1v) is 5.70. The van der Waals surface area contributed by atoms with Gasteiger partial charge in [0.15, 0.2) is 0 Å². The highest BCUT2D eigenvalue weighted by atomic mass is 79.9. The summed E-state index contributed by atoms with van der Waals surface area (Å²) in [4.78, 5) is 0. The molecule has 0 radical (unpaired) electrons. The van der Waals surface area contributed by atoms with Crippen molar-refractivity contribution in [1.29, 1.82) is 0 Å². The lowest BCUT2D eigenvalue weighted by atomic mass is 10.00. The van der Waals surface area contributed by atoms with E-state index >= 15 is 0 Å². The molecule has 0 fully saturated rings. The van der Waals surface area contributed by atoms with Crippen LogP contribution in [0.5, 0.6) is 0 Å². The van der Waals surface area contributed by atoms with Crippen LogP contribution in [-0.4, -0.2) is 0 Å². The number of benzene rings is 1. The molecule has 0 amide bonds. The first-order chi connectivity index (χ1) is 7.04. The van der Waals surface area contributed by atoms with Crippen LogP contribution in [0.2, 0.25) is 0 Å². The van der Waals surface area contributed by atoms with Crippen LogP contribution < -0.4 is 11.3 Å². The quantitative estimate of drug-likeness (QED) is 0.500. The zero-order valence-corrected chi connectivity index (χ0v) is 10.8. The smallest absolute Gasteiger partial charge is 0.0497 e. The highest BCUT2D eigenvalue weighted by Crippen LogP contribution is 2.24. The molecule has 0 aliphatic rings. The van der Waals surface area contributed by atoms with Crippen LogP contribution in [0.1, 0.15) is 30.5 Å². The predicted molar refractivity (Wildman–Crippen MR) is 68.4 cm³/mol. The molecular formula is C12H17BrN2. The summed E-state index contributed by atoms with van der Waals surface area (Å²) in [7, 11) is 0. The third kappa shape index (κ3) is 3.45. The number of nitrogens with one attached hydrogen (secondary N) is 1. The summed E-state index contributed by atoms with van der Waals surface area (Å²) in [5.74, 6) is 5.53. The van der Waals surface area contributed by atoms with E-state index in [4.69, 9.17) is 5.84 Å². The number of aryl methyl sites for hydroxylation is 1. The highest BCUT2D eigenvalue weighted by molar-refractivity contribution is 9.10. The van der Waals surface area contributed by atoms with Crippen molar-refractivity contribution >= 4 is 15.9 Å². The van der Waals surface area contributed by atoms with Gasteiger partial charge in [-0.2, -0.15) is 0 Å². The molecule has 3 N–H and O–H groups in total. The van der Waals surface area contributed by atoms with Crippen molar-refractivity contribution < 1.29 is 0 Å². The molecule has 3 heteroatoms. The second-order valence-electron chi connectivity index (χ2n) is 3.89. The maximum atomic E-state index is 5.53. The molecule has 82 valence electrons. The van der Waals surface area contributed by atoms with Crippen molar-refractivity contribution in [2.75, 3.05) is 0 Å². The van der Waals surface area contributed by atoms with E-state index in [0.29, 0.717) is 0 Å². The van der Waals surface area contributed by atoms with Gasteiger partial charge in [0, 0.05) is 10.5 Å². The zero-order valence-electron chi connectivity index (χ0n) is 9.18. The minimum absolute atomic E-state index is 0.138. The summed E-state index contributed by atoms with van der Waals surface area (Å²) in [6.07, 6.45) is 0.853. The molecule has 0 aromatic heterocycles. The second kappa shape index (κ2) is 5.45. The molecule has 0 spiro atoms. The summed E-state index contributed by atoms with van der Waals surface area (Å²) < 4.78 is 1.11. The molecule has 1 unspecified atom stereocenters. The fraction of sp³-hybridized carbons (Fsp3) is 0.333. The number of halogens is 1. The van der Waals surface area contributed by atoms with E-state index in [9.17, 15) is 0 Å². The molecule has 0 aliphatic carbocycles. The fourth-order valence-electron chi connectivity index (χ4n) is 1.45. The van der Waals surface area contributed by atoms with Crippen LogP contribution in [0.4, 0.5) is 0 Å². The van der Waals surface area contributed by atoms with Gasteiger partial charge < -0.3 is 0 Å². The molecular weight excluding hydrogens is 252 g/mol. The first kappa shape index (κ1) is 12.4. The molecule has 1 rings (SSSR count). The van der Waals surface area contributed by atoms with E-state index in [-0.39, 0.29) is 6.04 Å². The highest BCUT2D eigenvalue weighted by Gasteiger charge is 2.10. The van der Waals surface area contributed by atoms with Crippen molar-refractivity contribution in [1.82, 2.24) is 5.43 Å². The largest absolute Gasteiger partial charge is 0.271 e. The fourth-order valence-corrected chi connectivity index (χ4v) is 1.84. The molecule has 1 aromatic rings. The predicted octanol–water partition coefficient (Wildman–Crippen LogP) is 3.23. The van der Waals surface area contributed by atoms with Gasteiger partial charge in [0.1, 0.15) is 0 Å². The molecule has 0 bridgehead atoms. The topological polar surface area (TPSA) is 38.0 Å². The zero-order chi connectivity index (χ0) is 11.4. The summed E-state index contributed by atoms with van der Waals surface area (Å²) in [5.41, 5.74) is 6.34. The summed E-state index contributed by atoms with van der Waals surface area (Å²) in [5, 5.41) is 0. The van der Waals surface area contributed by atoms with Crippen molar-refractivity contribution in [3.05, 3.63) is 46.0 Å². The van der Waals surface area contributed by atoms with Crippen molar-refractivity contribution in [2.45, 2.75) is 26.3 Å². The minimum Gasteiger partial charge on any atom is -0.271 e. The monoisotopic (exact) mass is 268 g/mol. The molecule has 1 atom stereocenters. The van der Waals surface area contributed by atoms with E-state index in [2.05, 4.69) is 53.1 Å². The Bertz CT molecular complexity index is 361. The van der Waals surface area contributed by atoms with Crippen molar-refractivity contribution in [3.8, 4) is 0 Å². The summed E-state index contributed by atoms with van der Waals surface area (Å²) >= 11 is 3.52. The van der Waals surface area contributed by atoms with Gasteiger partial charge in [-0.05, 0) is 37.5 Å². The Balaban J connectivity index is 2.92. The first-order valence-electron chi connectivity index (χ1n) is 4.91. The maximum Gasteiger partial charge on any atom is 0.0497 e. The Kier molecular flexibility index (Phi) is 4.51. The van der Waals surface area contributed by atoms with Gasteiger partial charge in [0.05, 0.1) is 0 Å². The lowest BCUT2D eigenvalue weighted by molar-refractivity contribution is 0.550. The number of rotatable bonds is 4. The Hall–Kier alpha value is -0.640. The molecule has 0 heterocycles. The Morgan fingerprint density at radius 1 is 1.60 bits per heavy atom. The van der Waals surface area contributed by atoms with Crippen LogP contribution in [0, 0.1) is 6.92 Å². The van der Waals surface area contributed by atoms with E-state index in [1.807, 2.05) is 6.92 Å². The number of hydrogen-bond donors (Lipinski definition) is 2. The molecule has 0 saturated carbocycles. The van der Waals surface area contributed by atoms with E-state index in [1.54, 1.807) is 0 Å². The summed E-state index contributed by atoms with van der Waals surface area (Å²) in [6.45, 7) is 7.98. The lowest BCUT2D eigenvalue weighted by Crippen LogP contribution is -2.28. The van der Waals surface area contributed by atoms with Crippen molar-refractivity contribution in [3.63, 3.8) is 0 Å². The normalized spacial score (nSPS) is 12.5. The van der Waals surface area contributed by atoms with E-state index in [1.165, 1.54) is 11.1 Å². The molecule has 2 nitrogen and oxygen atoms in total. The Morgan fingerprint density at radius 3 is 2.73 bits per heavy atom. The van der Waals surface area contributed by atoms with Gasteiger partial charge in [-0.15, -0.1) is 6.58 Å². The van der Waals surface area contributed by atoms with Gasteiger partial charge in [-0.25, -0.2) is 0 Å². The molecule has 0 aliphatic heterocycles. The number of hydrazine groups is 1. The van der Waals surface area contributed by atoms with E-state index in [0.717, 1.165) is 16.5 Å². The maximum absolute atomic E-state index is 5.53. The Morgan fingerprint density at radius 2 is 2.27 bits per heavy atom. The second-order valence-corrected chi connectivity index (χ2v) is 4.74. The van der Waals surface area contributed by atoms with Crippen LogP contribution in [0.15, 0.2) is 34.8 Å². The lowest BCUT2D eigenvalue weighted by Gasteiger charge is -2.17. The number of nitrogens with two attached hydrogens (primary N) is 1. The third-order valence-corrected chi connectivity index (χ3v) is 3.21. The van der Waals surface area contributed by atoms with Gasteiger partial charge in [-0.1, -0.05) is 33.6 Å². The third-order valence-electron chi connectivity index (χ3n) is 2.35.